The number of aliphatic hydroxyl groups is 1. The molecule has 0 radical (unpaired) electrons. The van der Waals surface area contributed by atoms with Gasteiger partial charge in [-0.05, 0) is 18.3 Å². The Hall–Kier alpha value is -0.0400. The third-order valence-electron chi connectivity index (χ3n) is 2.08. The van der Waals surface area contributed by atoms with E-state index in [9.17, 15) is 5.11 Å². The minimum atomic E-state index is -0.106. The maximum atomic E-state index is 9.30. The van der Waals surface area contributed by atoms with Crippen molar-refractivity contribution in [2.24, 2.45) is 11.8 Å². The van der Waals surface area contributed by atoms with E-state index in [-0.39, 0.29) is 6.10 Å². The zero-order valence-corrected chi connectivity index (χ0v) is 6.89. The molecule has 2 atom stereocenters. The molecule has 0 rings (SSSR count). The molecule has 0 aromatic carbocycles. The van der Waals surface area contributed by atoms with Gasteiger partial charge in [-0.2, -0.15) is 0 Å². The standard InChI is InChI=1S/C8H18O/c1-5-8(9)7(4)6(2)3/h6-9H,5H2,1-4H3/t7-,8+/m0/s1. The molecule has 0 spiro atoms. The lowest BCUT2D eigenvalue weighted by atomic mass is 9.91. The summed E-state index contributed by atoms with van der Waals surface area (Å²) in [6, 6.07) is 0. The Bertz CT molecular complexity index is 69.0. The molecule has 0 amide bonds. The summed E-state index contributed by atoms with van der Waals surface area (Å²) in [5.41, 5.74) is 0. The fourth-order valence-electron chi connectivity index (χ4n) is 0.816. The molecule has 56 valence electrons. The number of hydrogen-bond donors (Lipinski definition) is 1. The van der Waals surface area contributed by atoms with Gasteiger partial charge in [0.15, 0.2) is 0 Å². The SMILES string of the molecule is CC[C@@H](O)[C@@H](C)C(C)C. The summed E-state index contributed by atoms with van der Waals surface area (Å²) in [5, 5.41) is 9.30. The van der Waals surface area contributed by atoms with Gasteiger partial charge < -0.3 is 5.11 Å². The molecule has 0 saturated heterocycles. The first kappa shape index (κ1) is 8.96. The van der Waals surface area contributed by atoms with Gasteiger partial charge in [-0.15, -0.1) is 0 Å². The molecule has 0 heterocycles. The minimum absolute atomic E-state index is 0.106. The second-order valence-electron chi connectivity index (χ2n) is 3.08. The van der Waals surface area contributed by atoms with Crippen molar-refractivity contribution in [2.75, 3.05) is 0 Å². The first-order valence-electron chi connectivity index (χ1n) is 3.77. The molecular weight excluding hydrogens is 112 g/mol. The van der Waals surface area contributed by atoms with Gasteiger partial charge in [0.25, 0.3) is 0 Å². The molecule has 1 nitrogen and oxygen atoms in total. The predicted molar refractivity (Wildman–Crippen MR) is 40.3 cm³/mol. The van der Waals surface area contributed by atoms with Crippen molar-refractivity contribution >= 4 is 0 Å². The van der Waals surface area contributed by atoms with E-state index in [2.05, 4.69) is 20.8 Å². The van der Waals surface area contributed by atoms with Crippen LogP contribution in [-0.2, 0) is 0 Å². The predicted octanol–water partition coefficient (Wildman–Crippen LogP) is 2.05. The summed E-state index contributed by atoms with van der Waals surface area (Å²) in [7, 11) is 0. The van der Waals surface area contributed by atoms with Crippen LogP contribution < -0.4 is 0 Å². The second-order valence-corrected chi connectivity index (χ2v) is 3.08. The molecule has 0 fully saturated rings. The molecule has 0 aliphatic rings. The van der Waals surface area contributed by atoms with Gasteiger partial charge in [0.2, 0.25) is 0 Å². The van der Waals surface area contributed by atoms with Crippen molar-refractivity contribution < 1.29 is 5.11 Å². The third kappa shape index (κ3) is 2.85. The lowest BCUT2D eigenvalue weighted by Gasteiger charge is -2.20. The molecule has 0 unspecified atom stereocenters. The quantitative estimate of drug-likeness (QED) is 0.620. The minimum Gasteiger partial charge on any atom is -0.393 e. The van der Waals surface area contributed by atoms with Crippen LogP contribution in [0.2, 0.25) is 0 Å². The van der Waals surface area contributed by atoms with Crippen LogP contribution in [0.4, 0.5) is 0 Å². The van der Waals surface area contributed by atoms with Crippen LogP contribution >= 0.6 is 0 Å². The highest BCUT2D eigenvalue weighted by Gasteiger charge is 2.14. The van der Waals surface area contributed by atoms with E-state index in [1.807, 2.05) is 6.92 Å². The van der Waals surface area contributed by atoms with Crippen LogP contribution in [-0.4, -0.2) is 11.2 Å². The summed E-state index contributed by atoms with van der Waals surface area (Å²) in [5.74, 6) is 1.04. The van der Waals surface area contributed by atoms with Crippen molar-refractivity contribution in [1.82, 2.24) is 0 Å². The molecule has 9 heavy (non-hydrogen) atoms. The fraction of sp³-hybridized carbons (Fsp3) is 1.00. The Morgan fingerprint density at radius 3 is 1.78 bits per heavy atom. The molecule has 1 heteroatoms. The van der Waals surface area contributed by atoms with Gasteiger partial charge >= 0.3 is 0 Å². The first-order valence-corrected chi connectivity index (χ1v) is 3.77. The fourth-order valence-corrected chi connectivity index (χ4v) is 0.816. The Morgan fingerprint density at radius 2 is 1.67 bits per heavy atom. The average molecular weight is 130 g/mol. The Labute approximate surface area is 58.1 Å². The van der Waals surface area contributed by atoms with E-state index in [0.717, 1.165) is 6.42 Å². The number of aliphatic hydroxyl groups excluding tert-OH is 1. The maximum Gasteiger partial charge on any atom is 0.0565 e. The van der Waals surface area contributed by atoms with E-state index >= 15 is 0 Å². The van der Waals surface area contributed by atoms with Crippen LogP contribution in [0.5, 0.6) is 0 Å². The topological polar surface area (TPSA) is 20.2 Å². The third-order valence-corrected chi connectivity index (χ3v) is 2.08. The highest BCUT2D eigenvalue weighted by molar-refractivity contribution is 4.64. The van der Waals surface area contributed by atoms with Crippen LogP contribution in [0.1, 0.15) is 34.1 Å². The largest absolute Gasteiger partial charge is 0.393 e. The lowest BCUT2D eigenvalue weighted by molar-refractivity contribution is 0.0884. The Kier molecular flexibility index (Phi) is 3.87. The molecule has 1 N–H and O–H groups in total. The van der Waals surface area contributed by atoms with E-state index in [4.69, 9.17) is 0 Å². The molecule has 0 aromatic rings. The van der Waals surface area contributed by atoms with E-state index in [1.165, 1.54) is 0 Å². The van der Waals surface area contributed by atoms with Crippen molar-refractivity contribution in [3.05, 3.63) is 0 Å². The second kappa shape index (κ2) is 3.89. The summed E-state index contributed by atoms with van der Waals surface area (Å²) >= 11 is 0. The van der Waals surface area contributed by atoms with Crippen molar-refractivity contribution in [2.45, 2.75) is 40.2 Å². The summed E-state index contributed by atoms with van der Waals surface area (Å²) in [4.78, 5) is 0. The van der Waals surface area contributed by atoms with Crippen LogP contribution in [0.3, 0.4) is 0 Å². The molecule has 0 aromatic heterocycles. The normalized spacial score (nSPS) is 18.0. The Balaban J connectivity index is 3.58. The van der Waals surface area contributed by atoms with E-state index < -0.39 is 0 Å². The van der Waals surface area contributed by atoms with Crippen LogP contribution in [0.25, 0.3) is 0 Å². The molecule has 0 bridgehead atoms. The van der Waals surface area contributed by atoms with Gasteiger partial charge in [-0.3, -0.25) is 0 Å². The summed E-state index contributed by atoms with van der Waals surface area (Å²) in [6.07, 6.45) is 0.768. The van der Waals surface area contributed by atoms with Crippen molar-refractivity contribution in [1.29, 1.82) is 0 Å². The first-order chi connectivity index (χ1) is 4.09. The number of hydrogen-bond acceptors (Lipinski definition) is 1. The highest BCUT2D eigenvalue weighted by Crippen LogP contribution is 2.15. The molecule has 0 saturated carbocycles. The van der Waals surface area contributed by atoms with Gasteiger partial charge in [0.05, 0.1) is 6.10 Å². The van der Waals surface area contributed by atoms with Crippen LogP contribution in [0.15, 0.2) is 0 Å². The average Bonchev–Trinajstić information content (AvgIpc) is 1.84. The zero-order chi connectivity index (χ0) is 7.44. The maximum absolute atomic E-state index is 9.30. The van der Waals surface area contributed by atoms with Gasteiger partial charge in [0.1, 0.15) is 0 Å². The van der Waals surface area contributed by atoms with E-state index in [1.54, 1.807) is 0 Å². The molecular formula is C8H18O. The highest BCUT2D eigenvalue weighted by atomic mass is 16.3. The zero-order valence-electron chi connectivity index (χ0n) is 6.89. The monoisotopic (exact) mass is 130 g/mol. The van der Waals surface area contributed by atoms with Crippen molar-refractivity contribution in [3.8, 4) is 0 Å². The van der Waals surface area contributed by atoms with Gasteiger partial charge in [-0.25, -0.2) is 0 Å². The van der Waals surface area contributed by atoms with Crippen LogP contribution in [0, 0.1) is 11.8 Å². The Morgan fingerprint density at radius 1 is 1.22 bits per heavy atom. The van der Waals surface area contributed by atoms with Crippen molar-refractivity contribution in [3.63, 3.8) is 0 Å². The van der Waals surface area contributed by atoms with Gasteiger partial charge in [-0.1, -0.05) is 27.7 Å². The lowest BCUT2D eigenvalue weighted by Crippen LogP contribution is -2.20. The van der Waals surface area contributed by atoms with E-state index in [0.29, 0.717) is 11.8 Å². The number of rotatable bonds is 3. The van der Waals surface area contributed by atoms with Gasteiger partial charge in [0, 0.05) is 0 Å². The summed E-state index contributed by atoms with van der Waals surface area (Å²) in [6.45, 7) is 8.40. The molecule has 0 aliphatic heterocycles. The smallest absolute Gasteiger partial charge is 0.0565 e. The molecule has 0 aliphatic carbocycles. The summed E-state index contributed by atoms with van der Waals surface area (Å²) < 4.78 is 0.